The summed E-state index contributed by atoms with van der Waals surface area (Å²) in [6.45, 7) is 7.98. The Morgan fingerprint density at radius 1 is 1.44 bits per heavy atom. The second-order valence-corrected chi connectivity index (χ2v) is 4.10. The highest BCUT2D eigenvalue weighted by Gasteiger charge is 2.10. The van der Waals surface area contributed by atoms with Crippen LogP contribution < -0.4 is 5.32 Å². The molecular weight excluding hydrogens is 200 g/mol. The summed E-state index contributed by atoms with van der Waals surface area (Å²) in [6, 6.07) is 4.43. The Morgan fingerprint density at radius 3 is 2.81 bits per heavy atom. The first-order valence-corrected chi connectivity index (χ1v) is 5.99. The highest BCUT2D eigenvalue weighted by Crippen LogP contribution is 2.15. The van der Waals surface area contributed by atoms with Crippen molar-refractivity contribution in [3.8, 4) is 0 Å². The van der Waals surface area contributed by atoms with Gasteiger partial charge in [0.25, 0.3) is 0 Å². The van der Waals surface area contributed by atoms with E-state index in [9.17, 15) is 0 Å². The molecule has 1 heterocycles. The van der Waals surface area contributed by atoms with Gasteiger partial charge < -0.3 is 10.1 Å². The lowest BCUT2D eigenvalue weighted by Crippen LogP contribution is -2.23. The maximum Gasteiger partial charge on any atom is 0.0518 e. The van der Waals surface area contributed by atoms with Crippen LogP contribution in [0.2, 0.25) is 0 Å². The first kappa shape index (κ1) is 13.1. The molecule has 0 spiro atoms. The van der Waals surface area contributed by atoms with Gasteiger partial charge in [-0.3, -0.25) is 4.98 Å². The van der Waals surface area contributed by atoms with Gasteiger partial charge in [-0.15, -0.1) is 0 Å². The van der Waals surface area contributed by atoms with Crippen LogP contribution in [0.15, 0.2) is 24.5 Å². The van der Waals surface area contributed by atoms with Crippen molar-refractivity contribution < 1.29 is 4.74 Å². The fraction of sp³-hybridized carbons (Fsp3) is 0.615. The second kappa shape index (κ2) is 7.36. The summed E-state index contributed by atoms with van der Waals surface area (Å²) in [7, 11) is 0. The van der Waals surface area contributed by atoms with E-state index < -0.39 is 0 Å². The first-order chi connectivity index (χ1) is 7.74. The minimum atomic E-state index is 0.302. The predicted octanol–water partition coefficient (Wildman–Crippen LogP) is 2.55. The molecule has 3 nitrogen and oxygen atoms in total. The Hall–Kier alpha value is -0.930. The number of pyridine rings is 1. The smallest absolute Gasteiger partial charge is 0.0518 e. The molecule has 0 aliphatic carbocycles. The second-order valence-electron chi connectivity index (χ2n) is 4.10. The van der Waals surface area contributed by atoms with Crippen molar-refractivity contribution in [1.29, 1.82) is 0 Å². The standard InChI is InChI=1S/C13H22N2O/c1-4-15-13(7-9-16-11(2)3)12-6-5-8-14-10-12/h5-6,8,10-11,13,15H,4,7,9H2,1-3H3. The van der Waals surface area contributed by atoms with E-state index in [0.29, 0.717) is 12.1 Å². The molecule has 1 unspecified atom stereocenters. The van der Waals surface area contributed by atoms with E-state index in [-0.39, 0.29) is 0 Å². The van der Waals surface area contributed by atoms with Gasteiger partial charge in [-0.1, -0.05) is 13.0 Å². The van der Waals surface area contributed by atoms with Gasteiger partial charge in [0.05, 0.1) is 6.10 Å². The summed E-state index contributed by atoms with van der Waals surface area (Å²) in [5.41, 5.74) is 1.23. The molecule has 0 aliphatic rings. The molecule has 90 valence electrons. The van der Waals surface area contributed by atoms with Crippen LogP contribution in [0.25, 0.3) is 0 Å². The molecular formula is C13H22N2O. The van der Waals surface area contributed by atoms with Crippen molar-refractivity contribution in [1.82, 2.24) is 10.3 Å². The van der Waals surface area contributed by atoms with Gasteiger partial charge in [0.15, 0.2) is 0 Å². The van der Waals surface area contributed by atoms with Crippen molar-refractivity contribution >= 4 is 0 Å². The Bertz CT molecular complexity index is 275. The third-order valence-corrected chi connectivity index (χ3v) is 2.40. The Morgan fingerprint density at radius 2 is 2.25 bits per heavy atom. The molecule has 0 radical (unpaired) electrons. The first-order valence-electron chi connectivity index (χ1n) is 5.99. The van der Waals surface area contributed by atoms with Crippen LogP contribution >= 0.6 is 0 Å². The number of rotatable bonds is 7. The maximum atomic E-state index is 5.58. The van der Waals surface area contributed by atoms with E-state index in [1.165, 1.54) is 5.56 Å². The van der Waals surface area contributed by atoms with E-state index in [0.717, 1.165) is 19.6 Å². The summed E-state index contributed by atoms with van der Waals surface area (Å²) in [6.07, 6.45) is 5.01. The summed E-state index contributed by atoms with van der Waals surface area (Å²) in [5, 5.41) is 3.45. The highest BCUT2D eigenvalue weighted by atomic mass is 16.5. The van der Waals surface area contributed by atoms with Crippen LogP contribution in [0.1, 0.15) is 38.8 Å². The van der Waals surface area contributed by atoms with Crippen LogP contribution in [0, 0.1) is 0 Å². The van der Waals surface area contributed by atoms with Crippen LogP contribution in [0.4, 0.5) is 0 Å². The summed E-state index contributed by atoms with van der Waals surface area (Å²) >= 11 is 0. The largest absolute Gasteiger partial charge is 0.379 e. The average Bonchev–Trinajstić information content (AvgIpc) is 2.29. The van der Waals surface area contributed by atoms with E-state index in [4.69, 9.17) is 4.74 Å². The van der Waals surface area contributed by atoms with E-state index in [1.54, 1.807) is 6.20 Å². The zero-order valence-electron chi connectivity index (χ0n) is 10.4. The molecule has 0 aromatic carbocycles. The van der Waals surface area contributed by atoms with Gasteiger partial charge in [0.1, 0.15) is 0 Å². The molecule has 1 aromatic heterocycles. The van der Waals surface area contributed by atoms with Gasteiger partial charge in [-0.05, 0) is 38.4 Å². The maximum absolute atomic E-state index is 5.58. The zero-order valence-corrected chi connectivity index (χ0v) is 10.4. The van der Waals surface area contributed by atoms with Gasteiger partial charge in [-0.25, -0.2) is 0 Å². The minimum Gasteiger partial charge on any atom is -0.379 e. The van der Waals surface area contributed by atoms with Crippen LogP contribution in [0.3, 0.4) is 0 Å². The van der Waals surface area contributed by atoms with E-state index in [2.05, 4.69) is 37.1 Å². The summed E-state index contributed by atoms with van der Waals surface area (Å²) in [5.74, 6) is 0. The monoisotopic (exact) mass is 222 g/mol. The molecule has 0 saturated heterocycles. The molecule has 1 aromatic rings. The fourth-order valence-electron chi connectivity index (χ4n) is 1.64. The van der Waals surface area contributed by atoms with E-state index >= 15 is 0 Å². The number of nitrogens with zero attached hydrogens (tertiary/aromatic N) is 1. The molecule has 0 fully saturated rings. The minimum absolute atomic E-state index is 0.302. The van der Waals surface area contributed by atoms with Crippen molar-refractivity contribution in [3.63, 3.8) is 0 Å². The van der Waals surface area contributed by atoms with Gasteiger partial charge >= 0.3 is 0 Å². The molecule has 1 atom stereocenters. The van der Waals surface area contributed by atoms with Gasteiger partial charge in [-0.2, -0.15) is 0 Å². The summed E-state index contributed by atoms with van der Waals surface area (Å²) < 4.78 is 5.58. The number of aromatic nitrogens is 1. The molecule has 1 rings (SSSR count). The van der Waals surface area contributed by atoms with Crippen LogP contribution in [-0.4, -0.2) is 24.2 Å². The average molecular weight is 222 g/mol. The van der Waals surface area contributed by atoms with E-state index in [1.807, 2.05) is 12.3 Å². The van der Waals surface area contributed by atoms with Crippen molar-refractivity contribution in [3.05, 3.63) is 30.1 Å². The Kier molecular flexibility index (Phi) is 6.04. The van der Waals surface area contributed by atoms with Crippen LogP contribution in [0.5, 0.6) is 0 Å². The number of hydrogen-bond donors (Lipinski definition) is 1. The quantitative estimate of drug-likeness (QED) is 0.770. The Labute approximate surface area is 98.2 Å². The van der Waals surface area contributed by atoms with Crippen LogP contribution in [-0.2, 0) is 4.74 Å². The molecule has 1 N–H and O–H groups in total. The molecule has 0 saturated carbocycles. The van der Waals surface area contributed by atoms with Crippen molar-refractivity contribution in [2.75, 3.05) is 13.2 Å². The lowest BCUT2D eigenvalue weighted by atomic mass is 10.1. The topological polar surface area (TPSA) is 34.1 Å². The zero-order chi connectivity index (χ0) is 11.8. The highest BCUT2D eigenvalue weighted by molar-refractivity contribution is 5.13. The molecule has 0 bridgehead atoms. The van der Waals surface area contributed by atoms with Gasteiger partial charge in [0, 0.05) is 25.0 Å². The lowest BCUT2D eigenvalue weighted by molar-refractivity contribution is 0.0715. The SMILES string of the molecule is CCNC(CCOC(C)C)c1cccnc1. The number of ether oxygens (including phenoxy) is 1. The third kappa shape index (κ3) is 4.73. The fourth-order valence-corrected chi connectivity index (χ4v) is 1.64. The summed E-state index contributed by atoms with van der Waals surface area (Å²) in [4.78, 5) is 4.15. The van der Waals surface area contributed by atoms with Gasteiger partial charge in [0.2, 0.25) is 0 Å². The van der Waals surface area contributed by atoms with Crippen molar-refractivity contribution in [2.45, 2.75) is 39.3 Å². The molecule has 16 heavy (non-hydrogen) atoms. The van der Waals surface area contributed by atoms with Crippen molar-refractivity contribution in [2.24, 2.45) is 0 Å². The number of nitrogens with one attached hydrogen (secondary N) is 1. The molecule has 3 heteroatoms. The molecule has 0 amide bonds. The normalized spacial score (nSPS) is 13.0. The lowest BCUT2D eigenvalue weighted by Gasteiger charge is -2.18. The Balaban J connectivity index is 2.48. The predicted molar refractivity (Wildman–Crippen MR) is 66.4 cm³/mol. The number of hydrogen-bond acceptors (Lipinski definition) is 3. The molecule has 0 aliphatic heterocycles. The third-order valence-electron chi connectivity index (χ3n) is 2.40.